The van der Waals surface area contributed by atoms with E-state index in [1.165, 1.54) is 0 Å². The lowest BCUT2D eigenvalue weighted by Gasteiger charge is -2.32. The summed E-state index contributed by atoms with van der Waals surface area (Å²) in [5, 5.41) is 6.35. The summed E-state index contributed by atoms with van der Waals surface area (Å²) in [6.07, 6.45) is 2.40. The highest BCUT2D eigenvalue weighted by molar-refractivity contribution is 5.82. The van der Waals surface area contributed by atoms with Crippen LogP contribution in [0.25, 0.3) is 0 Å². The van der Waals surface area contributed by atoms with E-state index in [1.54, 1.807) is 11.8 Å². The Labute approximate surface area is 120 Å². The highest BCUT2D eigenvalue weighted by Crippen LogP contribution is 2.16. The van der Waals surface area contributed by atoms with Crippen molar-refractivity contribution in [3.63, 3.8) is 0 Å². The molecule has 2 aliphatic heterocycles. The molecule has 0 aromatic carbocycles. The molecule has 2 heterocycles. The van der Waals surface area contributed by atoms with Gasteiger partial charge >= 0.3 is 6.09 Å². The molecule has 0 aromatic rings. The van der Waals surface area contributed by atoms with Crippen LogP contribution >= 0.6 is 0 Å². The number of hydrogen-bond acceptors (Lipinski definition) is 4. The molecule has 0 radical (unpaired) electrons. The first-order chi connectivity index (χ1) is 9.61. The Morgan fingerprint density at radius 3 is 2.55 bits per heavy atom. The molecule has 6 heteroatoms. The van der Waals surface area contributed by atoms with E-state index in [1.807, 2.05) is 0 Å². The summed E-state index contributed by atoms with van der Waals surface area (Å²) in [7, 11) is 0. The number of piperidine rings is 1. The van der Waals surface area contributed by atoms with Crippen LogP contribution in [0.2, 0.25) is 0 Å². The normalized spacial score (nSPS) is 27.4. The quantitative estimate of drug-likeness (QED) is 0.801. The van der Waals surface area contributed by atoms with Crippen molar-refractivity contribution in [2.24, 2.45) is 5.92 Å². The van der Waals surface area contributed by atoms with Crippen LogP contribution in [0.5, 0.6) is 0 Å². The van der Waals surface area contributed by atoms with Gasteiger partial charge in [-0.2, -0.15) is 0 Å². The Morgan fingerprint density at radius 2 is 2.00 bits per heavy atom. The van der Waals surface area contributed by atoms with Crippen molar-refractivity contribution in [2.45, 2.75) is 45.2 Å². The number of nitrogens with one attached hydrogen (secondary N) is 2. The smallest absolute Gasteiger partial charge is 0.409 e. The number of likely N-dealkylation sites (tertiary alicyclic amines) is 1. The van der Waals surface area contributed by atoms with E-state index in [0.29, 0.717) is 25.6 Å². The fourth-order valence-electron chi connectivity index (χ4n) is 2.90. The number of nitrogens with zero attached hydrogens (tertiary/aromatic N) is 1. The van der Waals surface area contributed by atoms with Crippen LogP contribution in [-0.4, -0.2) is 55.2 Å². The second-order valence-corrected chi connectivity index (χ2v) is 5.67. The fourth-order valence-corrected chi connectivity index (χ4v) is 2.90. The van der Waals surface area contributed by atoms with Gasteiger partial charge < -0.3 is 20.3 Å². The summed E-state index contributed by atoms with van der Waals surface area (Å²) in [4.78, 5) is 25.5. The molecule has 0 aliphatic carbocycles. The highest BCUT2D eigenvalue weighted by Gasteiger charge is 2.31. The highest BCUT2D eigenvalue weighted by atomic mass is 16.6. The molecule has 114 valence electrons. The number of carbonyl (C=O) groups excluding carboxylic acids is 2. The molecule has 2 saturated heterocycles. The molecule has 2 fully saturated rings. The fraction of sp³-hybridized carbons (Fsp3) is 0.857. The van der Waals surface area contributed by atoms with Crippen molar-refractivity contribution in [1.82, 2.24) is 15.5 Å². The number of ether oxygens (including phenoxy) is 1. The summed E-state index contributed by atoms with van der Waals surface area (Å²) in [5.74, 6) is 0.499. The van der Waals surface area contributed by atoms with Crippen molar-refractivity contribution in [3.05, 3.63) is 0 Å². The molecule has 0 saturated carbocycles. The first kappa shape index (κ1) is 15.1. The van der Waals surface area contributed by atoms with Crippen LogP contribution in [0, 0.1) is 5.92 Å². The van der Waals surface area contributed by atoms with Gasteiger partial charge in [-0.15, -0.1) is 0 Å². The minimum absolute atomic E-state index is 0.0573. The van der Waals surface area contributed by atoms with Crippen LogP contribution in [-0.2, 0) is 9.53 Å². The summed E-state index contributed by atoms with van der Waals surface area (Å²) in [6, 6.07) is 0.112. The van der Waals surface area contributed by atoms with E-state index >= 15 is 0 Å². The summed E-state index contributed by atoms with van der Waals surface area (Å²) in [5.41, 5.74) is 0. The zero-order chi connectivity index (χ0) is 14.5. The van der Waals surface area contributed by atoms with E-state index in [2.05, 4.69) is 17.6 Å². The third-order valence-corrected chi connectivity index (χ3v) is 4.18. The first-order valence-electron chi connectivity index (χ1n) is 7.57. The standard InChI is InChI=1S/C14H25N3O3/c1-3-20-14(19)17-8-5-11(6-9-17)16-13(18)12-10(2)4-7-15-12/h10-12,15H,3-9H2,1-2H3,(H,16,18). The molecule has 2 unspecified atom stereocenters. The second kappa shape index (κ2) is 6.92. The molecule has 0 bridgehead atoms. The molecule has 0 spiro atoms. The average Bonchev–Trinajstić information content (AvgIpc) is 2.86. The van der Waals surface area contributed by atoms with Gasteiger partial charge in [0.2, 0.25) is 5.91 Å². The number of rotatable bonds is 3. The molecule has 2 atom stereocenters. The molecule has 0 aromatic heterocycles. The Bertz CT molecular complexity index is 354. The monoisotopic (exact) mass is 283 g/mol. The Hall–Kier alpha value is -1.30. The molecule has 2 N–H and O–H groups in total. The maximum absolute atomic E-state index is 12.2. The molecule has 2 aliphatic rings. The summed E-state index contributed by atoms with van der Waals surface area (Å²) < 4.78 is 4.98. The Balaban J connectivity index is 1.74. The predicted molar refractivity (Wildman–Crippen MR) is 75.3 cm³/mol. The van der Waals surface area contributed by atoms with Crippen molar-refractivity contribution in [1.29, 1.82) is 0 Å². The lowest BCUT2D eigenvalue weighted by molar-refractivity contribution is -0.124. The third kappa shape index (κ3) is 3.62. The van der Waals surface area contributed by atoms with Crippen molar-refractivity contribution < 1.29 is 14.3 Å². The summed E-state index contributed by atoms with van der Waals surface area (Å²) >= 11 is 0. The van der Waals surface area contributed by atoms with Gasteiger partial charge in [0.15, 0.2) is 0 Å². The maximum Gasteiger partial charge on any atom is 0.409 e. The molecular formula is C14H25N3O3. The van der Waals surface area contributed by atoms with Crippen LogP contribution < -0.4 is 10.6 Å². The van der Waals surface area contributed by atoms with Gasteiger partial charge in [0, 0.05) is 19.1 Å². The van der Waals surface area contributed by atoms with E-state index in [0.717, 1.165) is 25.8 Å². The molecular weight excluding hydrogens is 258 g/mol. The maximum atomic E-state index is 12.2. The topological polar surface area (TPSA) is 70.7 Å². The van der Waals surface area contributed by atoms with Gasteiger partial charge in [-0.1, -0.05) is 6.92 Å². The van der Waals surface area contributed by atoms with Gasteiger partial charge in [0.1, 0.15) is 0 Å². The SMILES string of the molecule is CCOC(=O)N1CCC(NC(=O)C2NCCC2C)CC1. The lowest BCUT2D eigenvalue weighted by atomic mass is 10.0. The van der Waals surface area contributed by atoms with Crippen molar-refractivity contribution in [3.8, 4) is 0 Å². The molecule has 2 rings (SSSR count). The van der Waals surface area contributed by atoms with Crippen LogP contribution in [0.3, 0.4) is 0 Å². The predicted octanol–water partition coefficient (Wildman–Crippen LogP) is 0.722. The van der Waals surface area contributed by atoms with Gasteiger partial charge in [0.25, 0.3) is 0 Å². The third-order valence-electron chi connectivity index (χ3n) is 4.18. The van der Waals surface area contributed by atoms with E-state index < -0.39 is 0 Å². The van der Waals surface area contributed by atoms with Crippen molar-refractivity contribution in [2.75, 3.05) is 26.2 Å². The number of amides is 2. The summed E-state index contributed by atoms with van der Waals surface area (Å²) in [6.45, 7) is 6.53. The van der Waals surface area contributed by atoms with Crippen LogP contribution in [0.15, 0.2) is 0 Å². The Morgan fingerprint density at radius 1 is 1.30 bits per heavy atom. The minimum atomic E-state index is -0.247. The number of hydrogen-bond donors (Lipinski definition) is 2. The van der Waals surface area contributed by atoms with Gasteiger partial charge in [-0.25, -0.2) is 4.79 Å². The lowest BCUT2D eigenvalue weighted by Crippen LogP contribution is -2.51. The van der Waals surface area contributed by atoms with E-state index in [-0.39, 0.29) is 24.1 Å². The second-order valence-electron chi connectivity index (χ2n) is 5.67. The van der Waals surface area contributed by atoms with Gasteiger partial charge in [0.05, 0.1) is 12.6 Å². The van der Waals surface area contributed by atoms with Crippen LogP contribution in [0.4, 0.5) is 4.79 Å². The van der Waals surface area contributed by atoms with Gasteiger partial charge in [-0.05, 0) is 38.6 Å². The Kier molecular flexibility index (Phi) is 5.23. The zero-order valence-corrected chi connectivity index (χ0v) is 12.4. The first-order valence-corrected chi connectivity index (χ1v) is 7.57. The molecule has 20 heavy (non-hydrogen) atoms. The van der Waals surface area contributed by atoms with E-state index in [9.17, 15) is 9.59 Å². The zero-order valence-electron chi connectivity index (χ0n) is 12.4. The van der Waals surface area contributed by atoms with Gasteiger partial charge in [-0.3, -0.25) is 4.79 Å². The molecule has 2 amide bonds. The molecule has 6 nitrogen and oxygen atoms in total. The minimum Gasteiger partial charge on any atom is -0.450 e. The van der Waals surface area contributed by atoms with Crippen LogP contribution in [0.1, 0.15) is 33.1 Å². The van der Waals surface area contributed by atoms with Crippen molar-refractivity contribution >= 4 is 12.0 Å². The number of carbonyl (C=O) groups is 2. The largest absolute Gasteiger partial charge is 0.450 e. The average molecular weight is 283 g/mol. The van der Waals surface area contributed by atoms with E-state index in [4.69, 9.17) is 4.74 Å².